The van der Waals surface area contributed by atoms with Gasteiger partial charge in [-0.3, -0.25) is 4.79 Å². The van der Waals surface area contributed by atoms with Crippen molar-refractivity contribution in [2.24, 2.45) is 5.73 Å². The molecule has 18 heavy (non-hydrogen) atoms. The lowest BCUT2D eigenvalue weighted by atomic mass is 10.1. The molecule has 0 fully saturated rings. The number of benzene rings is 1. The Bertz CT molecular complexity index is 459. The highest BCUT2D eigenvalue weighted by Gasteiger charge is 2.20. The van der Waals surface area contributed by atoms with E-state index in [2.05, 4.69) is 15.9 Å². The standard InChI is InChI=1S/C12H14BrClN2OS/c1-7(2)16(6-11(15)18)12(17)8-3-9(13)5-10(14)4-8/h3-5,7H,6H2,1-2H3,(H2,15,18). The summed E-state index contributed by atoms with van der Waals surface area (Å²) in [6.07, 6.45) is 0. The van der Waals surface area contributed by atoms with Crippen molar-refractivity contribution in [2.75, 3.05) is 6.54 Å². The van der Waals surface area contributed by atoms with Crippen LogP contribution >= 0.6 is 39.7 Å². The molecule has 0 saturated heterocycles. The summed E-state index contributed by atoms with van der Waals surface area (Å²) in [5.41, 5.74) is 6.02. The van der Waals surface area contributed by atoms with Crippen molar-refractivity contribution in [3.05, 3.63) is 33.3 Å². The van der Waals surface area contributed by atoms with Crippen LogP contribution in [-0.4, -0.2) is 28.4 Å². The molecule has 0 unspecified atom stereocenters. The molecule has 0 bridgehead atoms. The van der Waals surface area contributed by atoms with Crippen LogP contribution in [0.2, 0.25) is 5.02 Å². The van der Waals surface area contributed by atoms with Crippen LogP contribution in [0.25, 0.3) is 0 Å². The van der Waals surface area contributed by atoms with E-state index in [0.717, 1.165) is 4.47 Å². The van der Waals surface area contributed by atoms with Gasteiger partial charge in [-0.1, -0.05) is 39.7 Å². The second-order valence-electron chi connectivity index (χ2n) is 4.15. The minimum absolute atomic E-state index is 0.0109. The number of amides is 1. The molecule has 0 spiro atoms. The summed E-state index contributed by atoms with van der Waals surface area (Å²) in [4.78, 5) is 14.3. The van der Waals surface area contributed by atoms with Crippen LogP contribution < -0.4 is 5.73 Å². The molecule has 0 heterocycles. The van der Waals surface area contributed by atoms with Gasteiger partial charge in [0.05, 0.1) is 11.5 Å². The van der Waals surface area contributed by atoms with E-state index in [1.165, 1.54) is 0 Å². The Morgan fingerprint density at radius 2 is 2.11 bits per heavy atom. The molecule has 2 N–H and O–H groups in total. The van der Waals surface area contributed by atoms with E-state index in [1.807, 2.05) is 13.8 Å². The summed E-state index contributed by atoms with van der Waals surface area (Å²) >= 11 is 14.1. The fourth-order valence-electron chi connectivity index (χ4n) is 1.50. The highest BCUT2D eigenvalue weighted by atomic mass is 79.9. The predicted molar refractivity (Wildman–Crippen MR) is 82.1 cm³/mol. The van der Waals surface area contributed by atoms with Gasteiger partial charge in [0.2, 0.25) is 0 Å². The Labute approximate surface area is 125 Å². The van der Waals surface area contributed by atoms with Crippen LogP contribution in [0.3, 0.4) is 0 Å². The number of halogens is 2. The smallest absolute Gasteiger partial charge is 0.254 e. The second kappa shape index (κ2) is 6.50. The zero-order valence-electron chi connectivity index (χ0n) is 10.1. The molecule has 0 aliphatic heterocycles. The van der Waals surface area contributed by atoms with Crippen LogP contribution in [0.5, 0.6) is 0 Å². The highest BCUT2D eigenvalue weighted by molar-refractivity contribution is 9.10. The fraction of sp³-hybridized carbons (Fsp3) is 0.333. The third kappa shape index (κ3) is 4.23. The van der Waals surface area contributed by atoms with Gasteiger partial charge in [0, 0.05) is 21.1 Å². The third-order valence-corrected chi connectivity index (χ3v) is 3.13. The first-order chi connectivity index (χ1) is 8.31. The average molecular weight is 350 g/mol. The minimum Gasteiger partial charge on any atom is -0.392 e. The maximum atomic E-state index is 12.4. The molecule has 0 atom stereocenters. The van der Waals surface area contributed by atoms with Gasteiger partial charge in [-0.15, -0.1) is 0 Å². The largest absolute Gasteiger partial charge is 0.392 e. The van der Waals surface area contributed by atoms with Gasteiger partial charge in [-0.05, 0) is 32.0 Å². The summed E-state index contributed by atoms with van der Waals surface area (Å²) in [7, 11) is 0. The number of carbonyl (C=O) groups excluding carboxylic acids is 1. The predicted octanol–water partition coefficient (Wildman–Crippen LogP) is 3.24. The van der Waals surface area contributed by atoms with E-state index in [9.17, 15) is 4.79 Å². The molecule has 1 aromatic carbocycles. The molecule has 1 rings (SSSR count). The van der Waals surface area contributed by atoms with Crippen molar-refractivity contribution < 1.29 is 4.79 Å². The SMILES string of the molecule is CC(C)N(CC(N)=S)C(=O)c1cc(Cl)cc(Br)c1. The molecule has 1 aromatic rings. The lowest BCUT2D eigenvalue weighted by Crippen LogP contribution is -2.42. The Hall–Kier alpha value is -0.650. The van der Waals surface area contributed by atoms with Gasteiger partial charge < -0.3 is 10.6 Å². The zero-order chi connectivity index (χ0) is 13.9. The van der Waals surface area contributed by atoms with Gasteiger partial charge in [-0.25, -0.2) is 0 Å². The van der Waals surface area contributed by atoms with E-state index in [1.54, 1.807) is 23.1 Å². The van der Waals surface area contributed by atoms with Crippen LogP contribution in [0.1, 0.15) is 24.2 Å². The molecule has 0 saturated carbocycles. The summed E-state index contributed by atoms with van der Waals surface area (Å²) in [5, 5.41) is 0.506. The monoisotopic (exact) mass is 348 g/mol. The number of carbonyl (C=O) groups is 1. The van der Waals surface area contributed by atoms with Crippen molar-refractivity contribution in [1.29, 1.82) is 0 Å². The van der Waals surface area contributed by atoms with Crippen LogP contribution in [0, 0.1) is 0 Å². The van der Waals surface area contributed by atoms with Crippen molar-refractivity contribution in [3.63, 3.8) is 0 Å². The Morgan fingerprint density at radius 3 is 2.56 bits per heavy atom. The quantitative estimate of drug-likeness (QED) is 0.849. The van der Waals surface area contributed by atoms with E-state index in [4.69, 9.17) is 29.6 Å². The van der Waals surface area contributed by atoms with Crippen molar-refractivity contribution in [1.82, 2.24) is 4.90 Å². The first kappa shape index (κ1) is 15.4. The van der Waals surface area contributed by atoms with Crippen molar-refractivity contribution in [2.45, 2.75) is 19.9 Å². The lowest BCUT2D eigenvalue weighted by molar-refractivity contribution is 0.0736. The number of rotatable bonds is 4. The molecule has 3 nitrogen and oxygen atoms in total. The highest BCUT2D eigenvalue weighted by Crippen LogP contribution is 2.21. The van der Waals surface area contributed by atoms with Crippen molar-refractivity contribution >= 4 is 50.6 Å². The maximum absolute atomic E-state index is 12.4. The van der Waals surface area contributed by atoms with Gasteiger partial charge in [0.15, 0.2) is 0 Å². The number of thiocarbonyl (C=S) groups is 1. The van der Waals surface area contributed by atoms with Crippen LogP contribution in [0.15, 0.2) is 22.7 Å². The molecule has 0 radical (unpaired) electrons. The number of hydrogen-bond acceptors (Lipinski definition) is 2. The third-order valence-electron chi connectivity index (χ3n) is 2.32. The normalized spacial score (nSPS) is 10.5. The van der Waals surface area contributed by atoms with Crippen molar-refractivity contribution in [3.8, 4) is 0 Å². The Morgan fingerprint density at radius 1 is 1.50 bits per heavy atom. The Balaban J connectivity index is 3.05. The molecule has 1 amide bonds. The van der Waals surface area contributed by atoms with E-state index < -0.39 is 0 Å². The van der Waals surface area contributed by atoms with Crippen LogP contribution in [-0.2, 0) is 0 Å². The maximum Gasteiger partial charge on any atom is 0.254 e. The van der Waals surface area contributed by atoms with Gasteiger partial charge in [0.1, 0.15) is 0 Å². The number of hydrogen-bond donors (Lipinski definition) is 1. The number of nitrogens with zero attached hydrogens (tertiary/aromatic N) is 1. The lowest BCUT2D eigenvalue weighted by Gasteiger charge is -2.26. The topological polar surface area (TPSA) is 46.3 Å². The van der Waals surface area contributed by atoms with Gasteiger partial charge in [0.25, 0.3) is 5.91 Å². The van der Waals surface area contributed by atoms with E-state index in [0.29, 0.717) is 10.6 Å². The summed E-state index contributed by atoms with van der Waals surface area (Å²) in [6, 6.07) is 5.09. The summed E-state index contributed by atoms with van der Waals surface area (Å²) in [5.74, 6) is -0.138. The average Bonchev–Trinajstić information content (AvgIpc) is 2.23. The fourth-order valence-corrected chi connectivity index (χ4v) is 2.50. The molecule has 0 aliphatic carbocycles. The number of nitrogens with two attached hydrogens (primary N) is 1. The molecule has 0 aliphatic rings. The van der Waals surface area contributed by atoms with Gasteiger partial charge >= 0.3 is 0 Å². The molecular formula is C12H14BrClN2OS. The first-order valence-electron chi connectivity index (χ1n) is 5.36. The minimum atomic E-state index is -0.138. The second-order valence-corrected chi connectivity index (χ2v) is 6.03. The molecular weight excluding hydrogens is 336 g/mol. The molecule has 98 valence electrons. The molecule has 6 heteroatoms. The van der Waals surface area contributed by atoms with Gasteiger partial charge in [-0.2, -0.15) is 0 Å². The summed E-state index contributed by atoms with van der Waals surface area (Å²) < 4.78 is 0.761. The van der Waals surface area contributed by atoms with Crippen LogP contribution in [0.4, 0.5) is 0 Å². The van der Waals surface area contributed by atoms with E-state index in [-0.39, 0.29) is 23.5 Å². The zero-order valence-corrected chi connectivity index (χ0v) is 13.3. The molecule has 0 aromatic heterocycles. The summed E-state index contributed by atoms with van der Waals surface area (Å²) in [6.45, 7) is 4.08. The first-order valence-corrected chi connectivity index (χ1v) is 6.94. The Kier molecular flexibility index (Phi) is 5.56. The van der Waals surface area contributed by atoms with E-state index >= 15 is 0 Å².